The third kappa shape index (κ3) is 3.15. The molecule has 7 rings (SSSR count). The average Bonchev–Trinajstić information content (AvgIpc) is 3.26. The smallest absolute Gasteiger partial charge is 0.257 e. The second-order valence-corrected chi connectivity index (χ2v) is 11.0. The summed E-state index contributed by atoms with van der Waals surface area (Å²) >= 11 is 0. The van der Waals surface area contributed by atoms with Gasteiger partial charge in [0.1, 0.15) is 16.6 Å². The number of amides is 1. The lowest BCUT2D eigenvalue weighted by molar-refractivity contribution is 0.00573. The fraction of sp³-hybridized carbons (Fsp3) is 0.407. The summed E-state index contributed by atoms with van der Waals surface area (Å²) in [5.74, 6) is 1.48. The van der Waals surface area contributed by atoms with Gasteiger partial charge in [-0.3, -0.25) is 19.4 Å². The van der Waals surface area contributed by atoms with Crippen molar-refractivity contribution in [3.05, 3.63) is 54.2 Å². The fourth-order valence-corrected chi connectivity index (χ4v) is 7.28. The molecule has 2 aliphatic carbocycles. The van der Waals surface area contributed by atoms with E-state index in [0.29, 0.717) is 33.5 Å². The molecule has 1 saturated heterocycles. The Labute approximate surface area is 202 Å². The molecule has 0 spiro atoms. The summed E-state index contributed by atoms with van der Waals surface area (Å²) in [6.07, 6.45) is 8.98. The Morgan fingerprint density at radius 1 is 1.11 bits per heavy atom. The maximum Gasteiger partial charge on any atom is 0.257 e. The third-order valence-corrected chi connectivity index (χ3v) is 8.59. The van der Waals surface area contributed by atoms with Gasteiger partial charge in [-0.1, -0.05) is 6.92 Å². The first-order valence-corrected chi connectivity index (χ1v) is 12.3. The molecule has 3 heterocycles. The minimum absolute atomic E-state index is 0.282. The lowest BCUT2D eigenvalue weighted by Crippen LogP contribution is -2.48. The summed E-state index contributed by atoms with van der Waals surface area (Å²) in [4.78, 5) is 25.0. The number of rotatable bonds is 3. The van der Waals surface area contributed by atoms with E-state index < -0.39 is 5.82 Å². The number of nitrogens with zero attached hydrogens (tertiary/aromatic N) is 5. The quantitative estimate of drug-likeness (QED) is 0.466. The van der Waals surface area contributed by atoms with Crippen LogP contribution in [0.5, 0.6) is 0 Å². The maximum absolute atomic E-state index is 14.5. The molecule has 1 amide bonds. The summed E-state index contributed by atoms with van der Waals surface area (Å²) in [7, 11) is 1.74. The molecule has 2 saturated carbocycles. The first-order chi connectivity index (χ1) is 16.9. The number of aromatic nitrogens is 4. The molecule has 1 N–H and O–H groups in total. The summed E-state index contributed by atoms with van der Waals surface area (Å²) in [5, 5.41) is 7.60. The standard InChI is InChI=1S/C27H27FN6O/c1-27-10-15-7-20(27)17(11-27)14-34(12-15)22-4-3-19(24-25(22)30-6-5-29-24)26(35)31-18-8-16-13-33(2)32-23(16)21(28)9-18/h3-6,8-9,13,15,17,20H,7,10-12,14H2,1-2H3,(H,31,35). The van der Waals surface area contributed by atoms with Crippen molar-refractivity contribution in [2.45, 2.75) is 26.2 Å². The highest BCUT2D eigenvalue weighted by atomic mass is 19.1. The highest BCUT2D eigenvalue weighted by Gasteiger charge is 2.58. The van der Waals surface area contributed by atoms with Gasteiger partial charge in [0.25, 0.3) is 5.91 Å². The van der Waals surface area contributed by atoms with Gasteiger partial charge in [-0.05, 0) is 66.7 Å². The molecule has 2 bridgehead atoms. The largest absolute Gasteiger partial charge is 0.369 e. The van der Waals surface area contributed by atoms with Crippen molar-refractivity contribution in [3.8, 4) is 0 Å². The van der Waals surface area contributed by atoms with Gasteiger partial charge in [0, 0.05) is 49.8 Å². The second-order valence-electron chi connectivity index (χ2n) is 11.0. The van der Waals surface area contributed by atoms with Crippen LogP contribution in [0.15, 0.2) is 42.9 Å². The van der Waals surface area contributed by atoms with E-state index in [1.54, 1.807) is 36.4 Å². The van der Waals surface area contributed by atoms with Crippen molar-refractivity contribution in [1.29, 1.82) is 0 Å². The Morgan fingerprint density at radius 2 is 1.94 bits per heavy atom. The van der Waals surface area contributed by atoms with Gasteiger partial charge in [0.15, 0.2) is 5.82 Å². The topological polar surface area (TPSA) is 75.9 Å². The molecule has 3 fully saturated rings. The molecule has 8 heteroatoms. The molecular formula is C27H27FN6O. The summed E-state index contributed by atoms with van der Waals surface area (Å²) in [5.41, 5.74) is 4.01. The van der Waals surface area contributed by atoms with E-state index in [9.17, 15) is 9.18 Å². The van der Waals surface area contributed by atoms with E-state index in [-0.39, 0.29) is 11.4 Å². The second kappa shape index (κ2) is 7.23. The zero-order valence-electron chi connectivity index (χ0n) is 19.8. The van der Waals surface area contributed by atoms with Crippen molar-refractivity contribution in [2.24, 2.45) is 30.2 Å². The van der Waals surface area contributed by atoms with Crippen LogP contribution >= 0.6 is 0 Å². The van der Waals surface area contributed by atoms with E-state index in [1.165, 1.54) is 25.3 Å². The molecular weight excluding hydrogens is 443 g/mol. The predicted octanol–water partition coefficient (Wildman–Crippen LogP) is 4.78. The van der Waals surface area contributed by atoms with Crippen LogP contribution in [0.1, 0.15) is 36.5 Å². The number of halogens is 1. The SMILES string of the molecule is Cn1cc2cc(NC(=O)c3ccc(N4CC5CC6C(C4)CC6(C)C5)c4nccnc34)cc(F)c2n1. The zero-order valence-corrected chi connectivity index (χ0v) is 19.8. The van der Waals surface area contributed by atoms with E-state index in [0.717, 1.165) is 36.1 Å². The van der Waals surface area contributed by atoms with E-state index >= 15 is 0 Å². The minimum atomic E-state index is -0.471. The van der Waals surface area contributed by atoms with Crippen molar-refractivity contribution >= 4 is 39.2 Å². The lowest BCUT2D eigenvalue weighted by atomic mass is 9.56. The van der Waals surface area contributed by atoms with Gasteiger partial charge in [0.2, 0.25) is 0 Å². The number of anilines is 2. The van der Waals surface area contributed by atoms with Crippen LogP contribution in [-0.2, 0) is 7.05 Å². The van der Waals surface area contributed by atoms with Crippen LogP contribution in [0.4, 0.5) is 15.8 Å². The normalized spacial score (nSPS) is 27.2. The average molecular weight is 471 g/mol. The van der Waals surface area contributed by atoms with Crippen LogP contribution in [-0.4, -0.2) is 38.7 Å². The molecule has 0 radical (unpaired) electrons. The van der Waals surface area contributed by atoms with Gasteiger partial charge in [0.05, 0.1) is 11.3 Å². The molecule has 2 aromatic heterocycles. The van der Waals surface area contributed by atoms with Crippen molar-refractivity contribution in [3.63, 3.8) is 0 Å². The predicted molar refractivity (Wildman–Crippen MR) is 133 cm³/mol. The van der Waals surface area contributed by atoms with Crippen molar-refractivity contribution in [1.82, 2.24) is 19.7 Å². The van der Waals surface area contributed by atoms with Crippen LogP contribution in [0.3, 0.4) is 0 Å². The van der Waals surface area contributed by atoms with Gasteiger partial charge in [-0.2, -0.15) is 5.10 Å². The van der Waals surface area contributed by atoms with Crippen molar-refractivity contribution < 1.29 is 9.18 Å². The Kier molecular flexibility index (Phi) is 4.29. The third-order valence-electron chi connectivity index (χ3n) is 8.59. The van der Waals surface area contributed by atoms with Gasteiger partial charge < -0.3 is 10.2 Å². The molecule has 4 unspecified atom stereocenters. The number of carbonyl (C=O) groups is 1. The Balaban J connectivity index is 1.22. The number of fused-ring (bicyclic) bond motifs is 3. The summed E-state index contributed by atoms with van der Waals surface area (Å²) in [6.45, 7) is 4.54. The van der Waals surface area contributed by atoms with E-state index in [4.69, 9.17) is 0 Å². The monoisotopic (exact) mass is 470 g/mol. The first kappa shape index (κ1) is 20.8. The molecule has 7 nitrogen and oxygen atoms in total. The van der Waals surface area contributed by atoms with Crippen LogP contribution in [0.25, 0.3) is 21.9 Å². The Morgan fingerprint density at radius 3 is 2.80 bits per heavy atom. The molecule has 4 aromatic rings. The van der Waals surface area contributed by atoms with Gasteiger partial charge in [-0.25, -0.2) is 4.39 Å². The fourth-order valence-electron chi connectivity index (χ4n) is 7.28. The maximum atomic E-state index is 14.5. The Bertz CT molecular complexity index is 1510. The molecule has 1 aliphatic heterocycles. The number of nitrogens with one attached hydrogen (secondary N) is 1. The van der Waals surface area contributed by atoms with Crippen LogP contribution in [0, 0.1) is 29.0 Å². The zero-order chi connectivity index (χ0) is 23.9. The molecule has 178 valence electrons. The number of aryl methyl sites for hydroxylation is 1. The number of benzene rings is 2. The lowest BCUT2D eigenvalue weighted by Gasteiger charge is -2.52. The summed E-state index contributed by atoms with van der Waals surface area (Å²) < 4.78 is 16.1. The number of carbonyl (C=O) groups excluding carboxylic acids is 1. The van der Waals surface area contributed by atoms with E-state index in [2.05, 4.69) is 32.2 Å². The highest BCUT2D eigenvalue weighted by molar-refractivity contribution is 6.13. The molecule has 3 aliphatic rings. The number of hydrogen-bond acceptors (Lipinski definition) is 5. The van der Waals surface area contributed by atoms with Gasteiger partial charge >= 0.3 is 0 Å². The van der Waals surface area contributed by atoms with Gasteiger partial charge in [-0.15, -0.1) is 0 Å². The highest BCUT2D eigenvalue weighted by Crippen LogP contribution is 2.64. The molecule has 4 atom stereocenters. The first-order valence-electron chi connectivity index (χ1n) is 12.3. The summed E-state index contributed by atoms with van der Waals surface area (Å²) in [6, 6.07) is 6.86. The Hall–Kier alpha value is -3.55. The van der Waals surface area contributed by atoms with Crippen LogP contribution < -0.4 is 10.2 Å². The number of hydrogen-bond donors (Lipinski definition) is 1. The van der Waals surface area contributed by atoms with E-state index in [1.807, 2.05) is 12.1 Å². The minimum Gasteiger partial charge on any atom is -0.369 e. The van der Waals surface area contributed by atoms with Crippen LogP contribution in [0.2, 0.25) is 0 Å². The molecule has 2 aromatic carbocycles. The van der Waals surface area contributed by atoms with Crippen molar-refractivity contribution in [2.75, 3.05) is 23.3 Å². The molecule has 35 heavy (non-hydrogen) atoms.